The number of nitrogens with zero attached hydrogens (tertiary/aromatic N) is 3. The zero-order valence-electron chi connectivity index (χ0n) is 24.7. The van der Waals surface area contributed by atoms with Gasteiger partial charge in [-0.15, -0.1) is 11.3 Å². The lowest BCUT2D eigenvalue weighted by Gasteiger charge is -2.33. The van der Waals surface area contributed by atoms with Crippen molar-refractivity contribution in [1.82, 2.24) is 9.13 Å². The summed E-state index contributed by atoms with van der Waals surface area (Å²) in [5.41, 5.74) is 10.8. The molecule has 0 amide bonds. The van der Waals surface area contributed by atoms with E-state index in [-0.39, 0.29) is 0 Å². The minimum absolute atomic E-state index is 1.17. The molecule has 46 heavy (non-hydrogen) atoms. The smallest absolute Gasteiger partial charge is 0.0790 e. The highest BCUT2D eigenvalue weighted by Gasteiger charge is 2.30. The first kappa shape index (κ1) is 24.5. The van der Waals surface area contributed by atoms with Gasteiger partial charge in [-0.05, 0) is 60.7 Å². The number of para-hydroxylation sites is 5. The molecule has 1 aliphatic heterocycles. The summed E-state index contributed by atoms with van der Waals surface area (Å²) in [4.78, 5) is 2.46. The molecule has 0 spiro atoms. The van der Waals surface area contributed by atoms with Crippen molar-refractivity contribution in [3.63, 3.8) is 0 Å². The number of hydrogen-bond acceptors (Lipinski definition) is 2. The van der Waals surface area contributed by atoms with E-state index in [1.54, 1.807) is 0 Å². The monoisotopic (exact) mass is 603 g/mol. The molecule has 0 N–H and O–H groups in total. The van der Waals surface area contributed by atoms with E-state index in [0.717, 1.165) is 0 Å². The fourth-order valence-corrected chi connectivity index (χ4v) is 9.04. The average Bonchev–Trinajstić information content (AvgIpc) is 3.77. The maximum absolute atomic E-state index is 2.53. The summed E-state index contributed by atoms with van der Waals surface area (Å²) in [7, 11) is 0. The second-order valence-corrected chi connectivity index (χ2v) is 13.2. The summed E-state index contributed by atoms with van der Waals surface area (Å²) in [5, 5.41) is 7.69. The SMILES string of the molecule is c1ccc(-n2c3ccccc3c3ccc4c5cccc6c5n(c4c32)-c2ccccc2N6c2ccc3sc4ccccc4c3c2)cc1. The van der Waals surface area contributed by atoms with Gasteiger partial charge in [-0.2, -0.15) is 0 Å². The Morgan fingerprint density at radius 1 is 0.348 bits per heavy atom. The Bertz CT molecular complexity index is 2870. The molecule has 3 nitrogen and oxygen atoms in total. The van der Waals surface area contributed by atoms with E-state index in [2.05, 4.69) is 166 Å². The van der Waals surface area contributed by atoms with Crippen molar-refractivity contribution in [1.29, 1.82) is 0 Å². The lowest BCUT2D eigenvalue weighted by Crippen LogP contribution is -2.18. The van der Waals surface area contributed by atoms with Crippen molar-refractivity contribution in [3.8, 4) is 11.4 Å². The Balaban J connectivity index is 1.30. The number of anilines is 3. The minimum Gasteiger partial charge on any atom is -0.307 e. The van der Waals surface area contributed by atoms with Crippen LogP contribution < -0.4 is 4.90 Å². The molecule has 0 fully saturated rings. The summed E-state index contributed by atoms with van der Waals surface area (Å²) >= 11 is 1.87. The van der Waals surface area contributed by atoms with Gasteiger partial charge in [0.1, 0.15) is 0 Å². The highest BCUT2D eigenvalue weighted by atomic mass is 32.1. The second-order valence-electron chi connectivity index (χ2n) is 12.2. The van der Waals surface area contributed by atoms with Crippen LogP contribution in [0.1, 0.15) is 0 Å². The molecule has 4 heteroatoms. The lowest BCUT2D eigenvalue weighted by molar-refractivity contribution is 1.11. The Kier molecular flexibility index (Phi) is 4.72. The van der Waals surface area contributed by atoms with Gasteiger partial charge in [0.05, 0.1) is 39.1 Å². The summed E-state index contributed by atoms with van der Waals surface area (Å²) in [6, 6.07) is 55.7. The Labute approximate surface area is 268 Å². The van der Waals surface area contributed by atoms with Crippen molar-refractivity contribution in [3.05, 3.63) is 152 Å². The molecule has 11 rings (SSSR count). The standard InChI is InChI=1S/C42H25N3S/c1-2-11-26(12-3-1)44-34-16-6-4-13-28(34)31-22-23-32-30-15-10-19-37-40(30)45(42(32)41(31)44)36-18-8-7-17-35(36)43(37)27-21-24-39-33(25-27)29-14-5-9-20-38(29)46-39/h1-25H. The molecule has 0 bridgehead atoms. The summed E-state index contributed by atoms with van der Waals surface area (Å²) in [6.07, 6.45) is 0. The molecule has 0 aliphatic carbocycles. The summed E-state index contributed by atoms with van der Waals surface area (Å²) < 4.78 is 7.64. The zero-order chi connectivity index (χ0) is 29.9. The van der Waals surface area contributed by atoms with Crippen molar-refractivity contribution in [2.24, 2.45) is 0 Å². The number of fused-ring (bicyclic) bond motifs is 12. The van der Waals surface area contributed by atoms with Gasteiger partial charge in [-0.3, -0.25) is 0 Å². The molecule has 1 aliphatic rings. The van der Waals surface area contributed by atoms with Crippen LogP contribution in [-0.4, -0.2) is 9.13 Å². The number of aromatic nitrogens is 2. The Morgan fingerprint density at radius 2 is 0.978 bits per heavy atom. The van der Waals surface area contributed by atoms with Gasteiger partial charge in [0.25, 0.3) is 0 Å². The van der Waals surface area contributed by atoms with Crippen LogP contribution in [0.3, 0.4) is 0 Å². The molecule has 0 saturated carbocycles. The van der Waals surface area contributed by atoms with E-state index in [1.807, 2.05) is 11.3 Å². The van der Waals surface area contributed by atoms with E-state index in [4.69, 9.17) is 0 Å². The molecule has 214 valence electrons. The molecule has 0 atom stereocenters. The van der Waals surface area contributed by atoms with Crippen LogP contribution in [0, 0.1) is 0 Å². The number of thiophene rings is 1. The van der Waals surface area contributed by atoms with Crippen LogP contribution in [0.15, 0.2) is 152 Å². The highest BCUT2D eigenvalue weighted by Crippen LogP contribution is 2.52. The van der Waals surface area contributed by atoms with Crippen LogP contribution in [0.4, 0.5) is 17.1 Å². The number of rotatable bonds is 2. The topological polar surface area (TPSA) is 13.1 Å². The third-order valence-electron chi connectivity index (χ3n) is 9.80. The fourth-order valence-electron chi connectivity index (χ4n) is 7.95. The fraction of sp³-hybridized carbons (Fsp3) is 0. The van der Waals surface area contributed by atoms with E-state index in [9.17, 15) is 0 Å². The predicted molar refractivity (Wildman–Crippen MR) is 196 cm³/mol. The van der Waals surface area contributed by atoms with Crippen molar-refractivity contribution >= 4 is 92.2 Å². The molecule has 0 radical (unpaired) electrons. The maximum Gasteiger partial charge on any atom is 0.0790 e. The first-order chi connectivity index (χ1) is 22.8. The van der Waals surface area contributed by atoms with Crippen LogP contribution in [0.5, 0.6) is 0 Å². The van der Waals surface area contributed by atoms with Gasteiger partial charge in [-0.25, -0.2) is 0 Å². The largest absolute Gasteiger partial charge is 0.307 e. The molecule has 10 aromatic rings. The van der Waals surface area contributed by atoms with Crippen molar-refractivity contribution in [2.75, 3.05) is 4.90 Å². The van der Waals surface area contributed by atoms with Gasteiger partial charge < -0.3 is 14.0 Å². The van der Waals surface area contributed by atoms with Gasteiger partial charge in [0.2, 0.25) is 0 Å². The summed E-state index contributed by atoms with van der Waals surface area (Å²) in [5.74, 6) is 0. The normalized spacial score (nSPS) is 12.7. The van der Waals surface area contributed by atoms with E-state index in [0.29, 0.717) is 0 Å². The molecule has 4 heterocycles. The van der Waals surface area contributed by atoms with Gasteiger partial charge in [0.15, 0.2) is 0 Å². The zero-order valence-corrected chi connectivity index (χ0v) is 25.5. The van der Waals surface area contributed by atoms with Crippen molar-refractivity contribution in [2.45, 2.75) is 0 Å². The van der Waals surface area contributed by atoms with E-state index in [1.165, 1.54) is 92.2 Å². The van der Waals surface area contributed by atoms with Crippen LogP contribution in [0.2, 0.25) is 0 Å². The van der Waals surface area contributed by atoms with E-state index >= 15 is 0 Å². The second kappa shape index (κ2) is 8.87. The predicted octanol–water partition coefficient (Wildman–Crippen LogP) is 12.0. The minimum atomic E-state index is 1.17. The number of benzene rings is 7. The first-order valence-electron chi connectivity index (χ1n) is 15.7. The first-order valence-corrected chi connectivity index (χ1v) is 16.5. The third kappa shape index (κ3) is 3.06. The molecule has 0 saturated heterocycles. The van der Waals surface area contributed by atoms with Crippen LogP contribution in [-0.2, 0) is 0 Å². The van der Waals surface area contributed by atoms with Crippen LogP contribution in [0.25, 0.3) is 75.2 Å². The Hall–Kier alpha value is -5.84. The molecular formula is C42H25N3S. The highest BCUT2D eigenvalue weighted by molar-refractivity contribution is 7.25. The van der Waals surface area contributed by atoms with Crippen molar-refractivity contribution < 1.29 is 0 Å². The Morgan fingerprint density at radius 3 is 1.87 bits per heavy atom. The van der Waals surface area contributed by atoms with Gasteiger partial charge >= 0.3 is 0 Å². The quantitative estimate of drug-likeness (QED) is 0.192. The molecule has 7 aromatic carbocycles. The molecule has 0 unspecified atom stereocenters. The van der Waals surface area contributed by atoms with Gasteiger partial charge in [0, 0.05) is 53.1 Å². The lowest BCUT2D eigenvalue weighted by atomic mass is 10.1. The average molecular weight is 604 g/mol. The van der Waals surface area contributed by atoms with E-state index < -0.39 is 0 Å². The molecular weight excluding hydrogens is 579 g/mol. The summed E-state index contributed by atoms with van der Waals surface area (Å²) in [6.45, 7) is 0. The maximum atomic E-state index is 2.53. The van der Waals surface area contributed by atoms with Crippen LogP contribution >= 0.6 is 11.3 Å². The number of hydrogen-bond donors (Lipinski definition) is 0. The van der Waals surface area contributed by atoms with Gasteiger partial charge in [-0.1, -0.05) is 91.0 Å². The molecule has 3 aromatic heterocycles. The third-order valence-corrected chi connectivity index (χ3v) is 11.0.